The lowest BCUT2D eigenvalue weighted by Crippen LogP contribution is -2.16. The van der Waals surface area contributed by atoms with E-state index in [0.29, 0.717) is 16.8 Å². The van der Waals surface area contributed by atoms with Crippen molar-refractivity contribution in [2.24, 2.45) is 0 Å². The Morgan fingerprint density at radius 3 is 2.44 bits per heavy atom. The number of hydrogen-bond donors (Lipinski definition) is 0. The molecule has 2 aromatic heterocycles. The molecule has 2 aromatic carbocycles. The maximum atomic E-state index is 12.2. The second-order valence-corrected chi connectivity index (χ2v) is 5.13. The highest BCUT2D eigenvalue weighted by Gasteiger charge is 2.30. The van der Waals surface area contributed by atoms with Crippen LogP contribution in [0.15, 0.2) is 59.6 Å². The Labute approximate surface area is 138 Å². The summed E-state index contributed by atoms with van der Waals surface area (Å²) in [7, 11) is 0. The van der Waals surface area contributed by atoms with E-state index in [9.17, 15) is 13.2 Å². The lowest BCUT2D eigenvalue weighted by Gasteiger charge is -2.09. The highest BCUT2D eigenvalue weighted by atomic mass is 19.4. The second kappa shape index (κ2) is 5.62. The van der Waals surface area contributed by atoms with Gasteiger partial charge in [0.25, 0.3) is 0 Å². The number of nitrogens with zero attached hydrogens (tertiary/aromatic N) is 4. The summed E-state index contributed by atoms with van der Waals surface area (Å²) in [6.07, 6.45) is -1.84. The quantitative estimate of drug-likeness (QED) is 0.561. The van der Waals surface area contributed by atoms with E-state index in [2.05, 4.69) is 20.0 Å². The molecule has 0 saturated heterocycles. The maximum Gasteiger partial charge on any atom is 0.573 e. The van der Waals surface area contributed by atoms with Crippen molar-refractivity contribution in [3.05, 3.63) is 55.1 Å². The van der Waals surface area contributed by atoms with Gasteiger partial charge in [-0.05, 0) is 35.4 Å². The highest BCUT2D eigenvalue weighted by molar-refractivity contribution is 5.88. The molecule has 25 heavy (non-hydrogen) atoms. The first-order valence-corrected chi connectivity index (χ1v) is 7.10. The predicted octanol–water partition coefficient (Wildman–Crippen LogP) is 3.97. The molecule has 0 aliphatic heterocycles. The molecule has 6 nitrogen and oxygen atoms in total. The van der Waals surface area contributed by atoms with Crippen LogP contribution in [0, 0.1) is 0 Å². The van der Waals surface area contributed by atoms with E-state index in [1.807, 2.05) is 6.07 Å². The van der Waals surface area contributed by atoms with E-state index >= 15 is 0 Å². The van der Waals surface area contributed by atoms with Gasteiger partial charge in [0, 0.05) is 0 Å². The van der Waals surface area contributed by atoms with Gasteiger partial charge in [0.1, 0.15) is 18.4 Å². The fourth-order valence-electron chi connectivity index (χ4n) is 2.44. The molecule has 0 fully saturated rings. The lowest BCUT2D eigenvalue weighted by molar-refractivity contribution is -0.274. The largest absolute Gasteiger partial charge is 0.573 e. The molecule has 0 unspecified atom stereocenters. The number of fused-ring (bicyclic) bond motifs is 1. The van der Waals surface area contributed by atoms with Crippen LogP contribution in [-0.4, -0.2) is 26.3 Å². The van der Waals surface area contributed by atoms with Crippen molar-refractivity contribution in [2.75, 3.05) is 0 Å². The molecule has 126 valence electrons. The number of rotatable bonds is 3. The Hall–Kier alpha value is -3.36. The standard InChI is InChI=1S/C16H9F3N4O2/c17-16(18,19)24-12-4-1-10(2-5-12)11-3-6-14-13(7-11)15(22-25-14)23-9-20-8-21-23/h1-9H. The predicted molar refractivity (Wildman–Crippen MR) is 81.0 cm³/mol. The normalized spacial score (nSPS) is 11.8. The number of benzene rings is 2. The SMILES string of the molecule is FC(F)(F)Oc1ccc(-c2ccc3onc(-n4cncn4)c3c2)cc1. The fraction of sp³-hybridized carbons (Fsp3) is 0.0625. The van der Waals surface area contributed by atoms with Crippen molar-refractivity contribution < 1.29 is 22.4 Å². The molecule has 4 rings (SSSR count). The Bertz CT molecular complexity index is 1010. The van der Waals surface area contributed by atoms with E-state index in [4.69, 9.17) is 4.52 Å². The highest BCUT2D eigenvalue weighted by Crippen LogP contribution is 2.30. The molecular weight excluding hydrogens is 337 g/mol. The van der Waals surface area contributed by atoms with Gasteiger partial charge in [-0.15, -0.1) is 13.2 Å². The van der Waals surface area contributed by atoms with Crippen molar-refractivity contribution >= 4 is 11.0 Å². The van der Waals surface area contributed by atoms with Gasteiger partial charge in [-0.2, -0.15) is 9.78 Å². The zero-order valence-corrected chi connectivity index (χ0v) is 12.4. The van der Waals surface area contributed by atoms with E-state index in [1.165, 1.54) is 29.5 Å². The van der Waals surface area contributed by atoms with Gasteiger partial charge in [0.2, 0.25) is 5.82 Å². The number of ether oxygens (including phenoxy) is 1. The van der Waals surface area contributed by atoms with Crippen molar-refractivity contribution in [3.63, 3.8) is 0 Å². The molecule has 0 radical (unpaired) electrons. The molecule has 9 heteroatoms. The van der Waals surface area contributed by atoms with Crippen LogP contribution in [0.5, 0.6) is 5.75 Å². The monoisotopic (exact) mass is 346 g/mol. The summed E-state index contributed by atoms with van der Waals surface area (Å²) in [4.78, 5) is 3.87. The number of alkyl halides is 3. The Morgan fingerprint density at radius 2 is 1.76 bits per heavy atom. The Balaban J connectivity index is 1.71. The van der Waals surface area contributed by atoms with Gasteiger partial charge in [0.05, 0.1) is 5.39 Å². The van der Waals surface area contributed by atoms with Crippen LogP contribution in [-0.2, 0) is 0 Å². The van der Waals surface area contributed by atoms with Crippen LogP contribution < -0.4 is 4.74 Å². The summed E-state index contributed by atoms with van der Waals surface area (Å²) in [6, 6.07) is 11.0. The van der Waals surface area contributed by atoms with E-state index in [0.717, 1.165) is 11.1 Å². The van der Waals surface area contributed by atoms with Gasteiger partial charge in [-0.3, -0.25) is 0 Å². The third-order valence-electron chi connectivity index (χ3n) is 3.51. The fourth-order valence-corrected chi connectivity index (χ4v) is 2.44. The van der Waals surface area contributed by atoms with Crippen LogP contribution in [0.1, 0.15) is 0 Å². The molecule has 0 aliphatic carbocycles. The molecule has 0 saturated carbocycles. The molecule has 0 N–H and O–H groups in total. The first-order chi connectivity index (χ1) is 12.0. The number of halogens is 3. The minimum absolute atomic E-state index is 0.273. The lowest BCUT2D eigenvalue weighted by atomic mass is 10.0. The topological polar surface area (TPSA) is 66.0 Å². The summed E-state index contributed by atoms with van der Waals surface area (Å²) < 4.78 is 47.3. The molecule has 0 bridgehead atoms. The number of hydrogen-bond acceptors (Lipinski definition) is 5. The Morgan fingerprint density at radius 1 is 1.00 bits per heavy atom. The molecule has 0 atom stereocenters. The minimum atomic E-state index is -4.71. The first-order valence-electron chi connectivity index (χ1n) is 7.10. The maximum absolute atomic E-state index is 12.2. The molecule has 4 aromatic rings. The van der Waals surface area contributed by atoms with Gasteiger partial charge in [0.15, 0.2) is 5.58 Å². The summed E-state index contributed by atoms with van der Waals surface area (Å²) in [5.74, 6) is 0.206. The third-order valence-corrected chi connectivity index (χ3v) is 3.51. The number of aromatic nitrogens is 4. The third kappa shape index (κ3) is 3.03. The van der Waals surface area contributed by atoms with Gasteiger partial charge < -0.3 is 9.26 Å². The van der Waals surface area contributed by atoms with Crippen LogP contribution >= 0.6 is 0 Å². The van der Waals surface area contributed by atoms with Crippen molar-refractivity contribution in [2.45, 2.75) is 6.36 Å². The van der Waals surface area contributed by atoms with Crippen LogP contribution in [0.4, 0.5) is 13.2 Å². The van der Waals surface area contributed by atoms with Crippen molar-refractivity contribution in [1.82, 2.24) is 19.9 Å². The van der Waals surface area contributed by atoms with Gasteiger partial charge in [-0.25, -0.2) is 4.98 Å². The molecule has 0 aliphatic rings. The van der Waals surface area contributed by atoms with Gasteiger partial charge >= 0.3 is 6.36 Å². The molecule has 2 heterocycles. The average Bonchev–Trinajstić information content (AvgIpc) is 3.22. The van der Waals surface area contributed by atoms with Crippen LogP contribution in [0.2, 0.25) is 0 Å². The smallest absolute Gasteiger partial charge is 0.406 e. The van der Waals surface area contributed by atoms with Crippen LogP contribution in [0.3, 0.4) is 0 Å². The summed E-state index contributed by atoms with van der Waals surface area (Å²) in [6.45, 7) is 0. The van der Waals surface area contributed by atoms with Crippen molar-refractivity contribution in [3.8, 4) is 22.7 Å². The van der Waals surface area contributed by atoms with E-state index < -0.39 is 6.36 Å². The first kappa shape index (κ1) is 15.2. The second-order valence-electron chi connectivity index (χ2n) is 5.13. The Kier molecular flexibility index (Phi) is 3.41. The molecular formula is C16H9F3N4O2. The average molecular weight is 346 g/mol. The summed E-state index contributed by atoms with van der Waals surface area (Å²) >= 11 is 0. The zero-order chi connectivity index (χ0) is 17.4. The summed E-state index contributed by atoms with van der Waals surface area (Å²) in [5, 5.41) is 8.69. The van der Waals surface area contributed by atoms with E-state index in [-0.39, 0.29) is 5.75 Å². The van der Waals surface area contributed by atoms with Gasteiger partial charge in [-0.1, -0.05) is 23.4 Å². The molecule has 0 amide bonds. The zero-order valence-electron chi connectivity index (χ0n) is 12.4. The van der Waals surface area contributed by atoms with E-state index in [1.54, 1.807) is 24.3 Å². The molecule has 0 spiro atoms. The van der Waals surface area contributed by atoms with Crippen LogP contribution in [0.25, 0.3) is 27.9 Å². The summed E-state index contributed by atoms with van der Waals surface area (Å²) in [5.41, 5.74) is 2.07. The minimum Gasteiger partial charge on any atom is -0.406 e. The van der Waals surface area contributed by atoms with Crippen molar-refractivity contribution in [1.29, 1.82) is 0 Å².